The van der Waals surface area contributed by atoms with Gasteiger partial charge in [-0.1, -0.05) is 0 Å². The van der Waals surface area contributed by atoms with E-state index in [9.17, 15) is 0 Å². The van der Waals surface area contributed by atoms with Crippen LogP contribution in [0.15, 0.2) is 0 Å². The molecular formula is H2CrCuPTi. The summed E-state index contributed by atoms with van der Waals surface area (Å²) in [5, 5.41) is 0. The van der Waals surface area contributed by atoms with Crippen LogP contribution in [0.5, 0.6) is 0 Å². The summed E-state index contributed by atoms with van der Waals surface area (Å²) in [6.07, 6.45) is 0. The van der Waals surface area contributed by atoms with Crippen molar-refractivity contribution in [3.63, 3.8) is 0 Å². The Morgan fingerprint density at radius 3 is 1.25 bits per heavy atom. The van der Waals surface area contributed by atoms with Gasteiger partial charge < -0.3 is 0 Å². The predicted molar refractivity (Wildman–Crippen MR) is 9.71 cm³/mol. The fourth-order valence-electron chi connectivity index (χ4n) is 0. The summed E-state index contributed by atoms with van der Waals surface area (Å²) in [4.78, 5) is 0. The normalized spacial score (nSPS) is 1.00. The van der Waals surface area contributed by atoms with Crippen LogP contribution in [0.1, 0.15) is 0 Å². The van der Waals surface area contributed by atoms with Crippen molar-refractivity contribution in [2.45, 2.75) is 0 Å². The van der Waals surface area contributed by atoms with E-state index in [0.29, 0.717) is 0 Å². The molecule has 0 fully saturated rings. The van der Waals surface area contributed by atoms with Gasteiger partial charge in [0.15, 0.2) is 0 Å². The van der Waals surface area contributed by atoms with Gasteiger partial charge in [-0.25, -0.2) is 0 Å². The summed E-state index contributed by atoms with van der Waals surface area (Å²) in [6.45, 7) is 0. The van der Waals surface area contributed by atoms with Crippen LogP contribution >= 0.6 is 7.23 Å². The Morgan fingerprint density at radius 2 is 1.25 bits per heavy atom. The average molecular weight is 196 g/mol. The zero-order chi connectivity index (χ0) is 2.00. The molecule has 0 aromatic rings. The minimum absolute atomic E-state index is 0. The molecule has 0 rings (SSSR count). The first-order chi connectivity index (χ1) is 1.00. The van der Waals surface area contributed by atoms with Crippen molar-refractivity contribution in [1.82, 2.24) is 0 Å². The zero-order valence-electron chi connectivity index (χ0n) is 1.79. The molecule has 0 amide bonds. The second-order valence-corrected chi connectivity index (χ2v) is 0. The molecule has 0 aliphatic rings. The molecular weight excluding hydrogens is 194 g/mol. The van der Waals surface area contributed by atoms with Gasteiger partial charge in [0, 0.05) is 34.4 Å². The molecule has 28 valence electrons. The summed E-state index contributed by atoms with van der Waals surface area (Å²) in [5.41, 5.74) is 0. The first kappa shape index (κ1) is 16.4. The van der Waals surface area contributed by atoms with Gasteiger partial charge in [-0.15, -0.1) is 0 Å². The third kappa shape index (κ3) is 8.89. The molecule has 0 N–H and O–H groups in total. The van der Waals surface area contributed by atoms with Crippen LogP contribution in [0.4, 0.5) is 0 Å². The summed E-state index contributed by atoms with van der Waals surface area (Å²) in [6, 6.07) is 0. The van der Waals surface area contributed by atoms with Crippen molar-refractivity contribution >= 4 is 7.23 Å². The first-order valence-corrected chi connectivity index (χ1v) is 3.57. The van der Waals surface area contributed by atoms with E-state index in [0.717, 1.165) is 0 Å². The minimum atomic E-state index is 0. The molecule has 0 aliphatic heterocycles. The summed E-state index contributed by atoms with van der Waals surface area (Å²) in [5.74, 6) is 0. The topological polar surface area (TPSA) is 0 Å². The summed E-state index contributed by atoms with van der Waals surface area (Å²) in [7, 11) is 2.42. The van der Waals surface area contributed by atoms with E-state index in [4.69, 9.17) is 0 Å². The third-order valence-electron chi connectivity index (χ3n) is 0. The van der Waals surface area contributed by atoms with Crippen LogP contribution in [0, 0.1) is 0 Å². The van der Waals surface area contributed by atoms with E-state index >= 15 is 0 Å². The van der Waals surface area contributed by atoms with Crippen LogP contribution in [-0.4, -0.2) is 0 Å². The Morgan fingerprint density at radius 1 is 1.25 bits per heavy atom. The number of rotatable bonds is 0. The van der Waals surface area contributed by atoms with E-state index in [1.165, 1.54) is 0 Å². The molecule has 0 bridgehead atoms. The Hall–Kier alpha value is 2.20. The molecule has 1 radical (unpaired) electrons. The van der Waals surface area contributed by atoms with Gasteiger partial charge in [0.05, 0.1) is 0 Å². The second-order valence-electron chi connectivity index (χ2n) is 0. The maximum absolute atomic E-state index is 2.42. The van der Waals surface area contributed by atoms with Gasteiger partial charge in [-0.3, -0.25) is 0 Å². The Bertz CT molecular complexity index is 8.00. The van der Waals surface area contributed by atoms with Gasteiger partial charge in [0.2, 0.25) is 0 Å². The summed E-state index contributed by atoms with van der Waals surface area (Å²) >= 11 is 1.92. The third-order valence-corrected chi connectivity index (χ3v) is 0. The quantitative estimate of drug-likeness (QED) is 0.387. The van der Waals surface area contributed by atoms with Crippen LogP contribution in [0.25, 0.3) is 0 Å². The molecule has 4 heavy (non-hydrogen) atoms. The van der Waals surface area contributed by atoms with Crippen LogP contribution in [0.3, 0.4) is 0 Å². The molecule has 0 aromatic heterocycles. The SMILES string of the molecule is [Cr].[Cu].[PH2][Ti]. The maximum atomic E-state index is 2.42. The summed E-state index contributed by atoms with van der Waals surface area (Å²) < 4.78 is 0. The molecule has 0 saturated carbocycles. The monoisotopic (exact) mass is 196 g/mol. The first-order valence-electron chi connectivity index (χ1n) is 0.289. The zero-order valence-corrected chi connectivity index (χ0v) is 6.72. The van der Waals surface area contributed by atoms with E-state index < -0.39 is 0 Å². The number of hydrogen-bond donors (Lipinski definition) is 0. The van der Waals surface area contributed by atoms with Gasteiger partial charge in [0.1, 0.15) is 0 Å². The molecule has 0 aromatic carbocycles. The van der Waals surface area contributed by atoms with E-state index in [-0.39, 0.29) is 34.4 Å². The van der Waals surface area contributed by atoms with Gasteiger partial charge >= 0.3 is 27.2 Å². The Labute approximate surface area is 61.1 Å². The fraction of sp³-hybridized carbons (Fsp3) is 0. The van der Waals surface area contributed by atoms with Crippen molar-refractivity contribution in [3.8, 4) is 0 Å². The fourth-order valence-corrected chi connectivity index (χ4v) is 0. The molecule has 4 heteroatoms. The Kier molecular flexibility index (Phi) is 77.7. The molecule has 0 heterocycles. The van der Waals surface area contributed by atoms with Gasteiger partial charge in [-0.2, -0.15) is 0 Å². The second kappa shape index (κ2) is 19.0. The average Bonchev–Trinajstić information content (AvgIpc) is 1.00. The van der Waals surface area contributed by atoms with Gasteiger partial charge in [0.25, 0.3) is 0 Å². The standard InChI is InChI=1S/Cr.Cu.H2P.Ti/h;;1H2;/q;;-1;+1. The van der Waals surface area contributed by atoms with Crippen molar-refractivity contribution in [2.24, 2.45) is 0 Å². The molecule has 0 aliphatic carbocycles. The Balaban J connectivity index is -0.00000000500. The van der Waals surface area contributed by atoms with E-state index in [1.807, 2.05) is 19.9 Å². The molecule has 0 spiro atoms. The van der Waals surface area contributed by atoms with Crippen LogP contribution in [0.2, 0.25) is 0 Å². The van der Waals surface area contributed by atoms with Crippen molar-refractivity contribution in [2.75, 3.05) is 0 Å². The van der Waals surface area contributed by atoms with Gasteiger partial charge in [-0.05, 0) is 0 Å². The predicted octanol–water partition coefficient (Wildman–Crippen LogP) is 0.318. The molecule has 1 unspecified atom stereocenters. The number of hydrogen-bond acceptors (Lipinski definition) is 0. The molecule has 0 saturated heterocycles. The molecule has 0 nitrogen and oxygen atoms in total. The van der Waals surface area contributed by atoms with Crippen molar-refractivity contribution in [3.05, 3.63) is 0 Å². The molecule has 1 atom stereocenters. The van der Waals surface area contributed by atoms with E-state index in [1.54, 1.807) is 0 Å². The van der Waals surface area contributed by atoms with Crippen LogP contribution < -0.4 is 0 Å². The van der Waals surface area contributed by atoms with E-state index in [2.05, 4.69) is 7.23 Å². The van der Waals surface area contributed by atoms with Crippen molar-refractivity contribution in [1.29, 1.82) is 0 Å². The van der Waals surface area contributed by atoms with Crippen molar-refractivity contribution < 1.29 is 54.3 Å². The van der Waals surface area contributed by atoms with Crippen LogP contribution in [-0.2, 0) is 54.3 Å².